The highest BCUT2D eigenvalue weighted by Crippen LogP contribution is 2.25. The van der Waals surface area contributed by atoms with E-state index in [1.165, 1.54) is 5.56 Å². The number of carbonyl (C=O) groups is 1. The molecular weight excluding hydrogens is 248 g/mol. The summed E-state index contributed by atoms with van der Waals surface area (Å²) >= 11 is 0. The maximum Gasteiger partial charge on any atom is 0.223 e. The average Bonchev–Trinajstić information content (AvgIpc) is 2.94. The molecule has 1 amide bonds. The summed E-state index contributed by atoms with van der Waals surface area (Å²) in [7, 11) is 1.98. The van der Waals surface area contributed by atoms with Crippen molar-refractivity contribution in [1.82, 2.24) is 10.2 Å². The molecule has 1 aliphatic rings. The molecule has 1 N–H and O–H groups in total. The number of likely N-dealkylation sites (tertiary alicyclic amines) is 1. The molecule has 0 bridgehead atoms. The van der Waals surface area contributed by atoms with Gasteiger partial charge in [0.1, 0.15) is 0 Å². The van der Waals surface area contributed by atoms with Crippen LogP contribution in [-0.2, 0) is 4.79 Å². The van der Waals surface area contributed by atoms with Gasteiger partial charge in [-0.3, -0.25) is 4.79 Å². The predicted molar refractivity (Wildman–Crippen MR) is 82.7 cm³/mol. The van der Waals surface area contributed by atoms with Crippen molar-refractivity contribution >= 4 is 5.91 Å². The van der Waals surface area contributed by atoms with E-state index in [2.05, 4.69) is 36.5 Å². The number of carbonyl (C=O) groups excluding carboxylic acids is 1. The molecule has 1 fully saturated rings. The molecule has 0 radical (unpaired) electrons. The Hall–Kier alpha value is -1.35. The second-order valence-electron chi connectivity index (χ2n) is 5.77. The minimum atomic E-state index is 0.319. The van der Waals surface area contributed by atoms with Gasteiger partial charge in [-0.05, 0) is 43.8 Å². The van der Waals surface area contributed by atoms with Crippen molar-refractivity contribution in [2.75, 3.05) is 26.7 Å². The molecule has 110 valence electrons. The van der Waals surface area contributed by atoms with Gasteiger partial charge in [-0.1, -0.05) is 37.3 Å². The van der Waals surface area contributed by atoms with Crippen LogP contribution in [0.25, 0.3) is 0 Å². The van der Waals surface area contributed by atoms with E-state index in [4.69, 9.17) is 0 Å². The zero-order chi connectivity index (χ0) is 14.4. The Labute approximate surface area is 122 Å². The Morgan fingerprint density at radius 3 is 2.80 bits per heavy atom. The monoisotopic (exact) mass is 274 g/mol. The van der Waals surface area contributed by atoms with Crippen molar-refractivity contribution in [3.8, 4) is 0 Å². The van der Waals surface area contributed by atoms with Gasteiger partial charge < -0.3 is 10.2 Å². The van der Waals surface area contributed by atoms with E-state index < -0.39 is 0 Å². The normalized spacial score (nSPS) is 20.1. The number of amides is 1. The first-order valence-corrected chi connectivity index (χ1v) is 7.72. The first-order valence-electron chi connectivity index (χ1n) is 7.72. The van der Waals surface area contributed by atoms with E-state index in [1.807, 2.05) is 18.0 Å². The Morgan fingerprint density at radius 2 is 2.15 bits per heavy atom. The minimum Gasteiger partial charge on any atom is -0.342 e. The topological polar surface area (TPSA) is 32.3 Å². The van der Waals surface area contributed by atoms with E-state index in [-0.39, 0.29) is 0 Å². The van der Waals surface area contributed by atoms with E-state index >= 15 is 0 Å². The molecule has 3 nitrogen and oxygen atoms in total. The van der Waals surface area contributed by atoms with Crippen LogP contribution >= 0.6 is 0 Å². The van der Waals surface area contributed by atoms with Gasteiger partial charge >= 0.3 is 0 Å². The predicted octanol–water partition coefficient (Wildman–Crippen LogP) is 2.64. The summed E-state index contributed by atoms with van der Waals surface area (Å²) in [6, 6.07) is 10.4. The van der Waals surface area contributed by atoms with Crippen LogP contribution in [0, 0.1) is 5.92 Å². The second-order valence-corrected chi connectivity index (χ2v) is 5.77. The van der Waals surface area contributed by atoms with Crippen molar-refractivity contribution in [1.29, 1.82) is 0 Å². The first-order chi connectivity index (χ1) is 9.74. The van der Waals surface area contributed by atoms with Crippen molar-refractivity contribution in [2.45, 2.75) is 32.1 Å². The molecule has 1 saturated heterocycles. The van der Waals surface area contributed by atoms with Gasteiger partial charge in [-0.15, -0.1) is 0 Å². The smallest absolute Gasteiger partial charge is 0.223 e. The van der Waals surface area contributed by atoms with Gasteiger partial charge in [0.15, 0.2) is 0 Å². The summed E-state index contributed by atoms with van der Waals surface area (Å²) in [6.45, 7) is 5.03. The zero-order valence-corrected chi connectivity index (χ0v) is 12.6. The Balaban J connectivity index is 1.90. The fourth-order valence-corrected chi connectivity index (χ4v) is 3.08. The third-order valence-electron chi connectivity index (χ3n) is 4.32. The van der Waals surface area contributed by atoms with E-state index in [0.29, 0.717) is 24.2 Å². The molecule has 0 saturated carbocycles. The Kier molecular flexibility index (Phi) is 5.60. The van der Waals surface area contributed by atoms with Crippen LogP contribution in [0.2, 0.25) is 0 Å². The lowest BCUT2D eigenvalue weighted by Crippen LogP contribution is -2.31. The number of hydrogen-bond donors (Lipinski definition) is 1. The van der Waals surface area contributed by atoms with Crippen molar-refractivity contribution in [2.24, 2.45) is 5.92 Å². The molecule has 2 atom stereocenters. The molecule has 0 spiro atoms. The minimum absolute atomic E-state index is 0.319. The molecule has 2 unspecified atom stereocenters. The lowest BCUT2D eigenvalue weighted by molar-refractivity contribution is -0.130. The summed E-state index contributed by atoms with van der Waals surface area (Å²) in [5.74, 6) is 1.30. The largest absolute Gasteiger partial charge is 0.342 e. The molecule has 2 rings (SSSR count). The molecule has 1 aromatic rings. The van der Waals surface area contributed by atoms with E-state index in [1.54, 1.807) is 0 Å². The third kappa shape index (κ3) is 3.83. The summed E-state index contributed by atoms with van der Waals surface area (Å²) in [5.41, 5.74) is 1.29. The van der Waals surface area contributed by atoms with Crippen LogP contribution < -0.4 is 5.32 Å². The van der Waals surface area contributed by atoms with E-state index in [9.17, 15) is 4.79 Å². The fourth-order valence-electron chi connectivity index (χ4n) is 3.08. The Bertz CT molecular complexity index is 418. The molecule has 1 heterocycles. The average molecular weight is 274 g/mol. The zero-order valence-electron chi connectivity index (χ0n) is 12.6. The van der Waals surface area contributed by atoms with Gasteiger partial charge in [0.25, 0.3) is 0 Å². The standard InChI is InChI=1S/C17H26N2O/c1-3-15(16-7-5-4-6-8-16)11-17(20)19-10-9-14(13-19)12-18-2/h4-8,14-15,18H,3,9-13H2,1-2H3. The maximum atomic E-state index is 12.4. The summed E-state index contributed by atoms with van der Waals surface area (Å²) in [4.78, 5) is 14.5. The second kappa shape index (κ2) is 7.44. The maximum absolute atomic E-state index is 12.4. The van der Waals surface area contributed by atoms with Crippen LogP contribution in [-0.4, -0.2) is 37.5 Å². The van der Waals surface area contributed by atoms with Crippen LogP contribution in [0.1, 0.15) is 37.7 Å². The lowest BCUT2D eigenvalue weighted by Gasteiger charge is -2.21. The molecule has 1 aliphatic heterocycles. The van der Waals surface area contributed by atoms with E-state index in [0.717, 1.165) is 32.5 Å². The van der Waals surface area contributed by atoms with Gasteiger partial charge in [0, 0.05) is 19.5 Å². The van der Waals surface area contributed by atoms with Crippen LogP contribution in [0.4, 0.5) is 0 Å². The van der Waals surface area contributed by atoms with Crippen LogP contribution in [0.5, 0.6) is 0 Å². The van der Waals surface area contributed by atoms with Crippen molar-refractivity contribution in [3.63, 3.8) is 0 Å². The number of rotatable bonds is 6. The number of hydrogen-bond acceptors (Lipinski definition) is 2. The van der Waals surface area contributed by atoms with Crippen LogP contribution in [0.15, 0.2) is 30.3 Å². The molecular formula is C17H26N2O. The molecule has 0 aromatic heterocycles. The molecule has 0 aliphatic carbocycles. The van der Waals surface area contributed by atoms with Gasteiger partial charge in [0.05, 0.1) is 0 Å². The first kappa shape index (κ1) is 15.0. The van der Waals surface area contributed by atoms with Crippen LogP contribution in [0.3, 0.4) is 0 Å². The number of nitrogens with zero attached hydrogens (tertiary/aromatic N) is 1. The highest BCUT2D eigenvalue weighted by Gasteiger charge is 2.27. The van der Waals surface area contributed by atoms with Gasteiger partial charge in [0.2, 0.25) is 5.91 Å². The van der Waals surface area contributed by atoms with Crippen molar-refractivity contribution < 1.29 is 4.79 Å². The molecule has 20 heavy (non-hydrogen) atoms. The summed E-state index contributed by atoms with van der Waals surface area (Å²) < 4.78 is 0. The Morgan fingerprint density at radius 1 is 1.40 bits per heavy atom. The SMILES string of the molecule is CCC(CC(=O)N1CCC(CNC)C1)c1ccccc1. The lowest BCUT2D eigenvalue weighted by atomic mass is 9.93. The van der Waals surface area contributed by atoms with Crippen molar-refractivity contribution in [3.05, 3.63) is 35.9 Å². The number of nitrogens with one attached hydrogen (secondary N) is 1. The third-order valence-corrected chi connectivity index (χ3v) is 4.32. The quantitative estimate of drug-likeness (QED) is 0.865. The number of benzene rings is 1. The van der Waals surface area contributed by atoms with Gasteiger partial charge in [-0.25, -0.2) is 0 Å². The highest BCUT2D eigenvalue weighted by molar-refractivity contribution is 5.77. The van der Waals surface area contributed by atoms with Gasteiger partial charge in [-0.2, -0.15) is 0 Å². The molecule has 1 aromatic carbocycles. The molecule has 3 heteroatoms. The highest BCUT2D eigenvalue weighted by atomic mass is 16.2. The summed E-state index contributed by atoms with van der Waals surface area (Å²) in [6.07, 6.45) is 2.80. The summed E-state index contributed by atoms with van der Waals surface area (Å²) in [5, 5.41) is 3.21. The fraction of sp³-hybridized carbons (Fsp3) is 0.588.